The van der Waals surface area contributed by atoms with Crippen molar-refractivity contribution in [2.75, 3.05) is 17.2 Å². The topological polar surface area (TPSA) is 87.3 Å². The van der Waals surface area contributed by atoms with Gasteiger partial charge in [0.2, 0.25) is 5.91 Å². The third-order valence-corrected chi connectivity index (χ3v) is 4.52. The number of pyridine rings is 1. The Morgan fingerprint density at radius 3 is 2.73 bits per heavy atom. The van der Waals surface area contributed by atoms with Crippen LogP contribution in [0.3, 0.4) is 0 Å². The lowest BCUT2D eigenvalue weighted by Gasteiger charge is -2.16. The Balaban J connectivity index is 1.95. The molecule has 116 valence electrons. The van der Waals surface area contributed by atoms with Gasteiger partial charge in [0.25, 0.3) is 0 Å². The van der Waals surface area contributed by atoms with E-state index in [9.17, 15) is 21.9 Å². The highest BCUT2D eigenvalue weighted by atomic mass is 32.3. The van der Waals surface area contributed by atoms with Gasteiger partial charge in [0.05, 0.1) is 11.3 Å². The minimum absolute atomic E-state index is 0.0575. The van der Waals surface area contributed by atoms with Crippen molar-refractivity contribution in [3.63, 3.8) is 0 Å². The van der Waals surface area contributed by atoms with Crippen LogP contribution in [0.15, 0.2) is 35.1 Å². The number of aromatic nitrogens is 1. The zero-order valence-corrected chi connectivity index (χ0v) is 12.3. The molecule has 8 heteroatoms. The summed E-state index contributed by atoms with van der Waals surface area (Å²) in [6, 6.07) is 8.17. The van der Waals surface area contributed by atoms with E-state index in [0.717, 1.165) is 0 Å². The molecule has 22 heavy (non-hydrogen) atoms. The molecule has 1 aromatic carbocycles. The highest BCUT2D eigenvalue weighted by Crippen LogP contribution is 2.25. The van der Waals surface area contributed by atoms with Gasteiger partial charge in [0.1, 0.15) is 5.82 Å². The van der Waals surface area contributed by atoms with Crippen molar-refractivity contribution in [3.05, 3.63) is 40.6 Å². The minimum Gasteiger partial charge on any atom is -0.341 e. The first kappa shape index (κ1) is 14.7. The molecule has 0 radical (unpaired) electrons. The van der Waals surface area contributed by atoms with Gasteiger partial charge < -0.3 is 4.98 Å². The second-order valence-electron chi connectivity index (χ2n) is 5.34. The molecular weight excluding hydrogens is 311 g/mol. The number of anilines is 1. The van der Waals surface area contributed by atoms with E-state index in [1.807, 2.05) is 0 Å². The van der Waals surface area contributed by atoms with Gasteiger partial charge in [-0.25, -0.2) is 0 Å². The fraction of sp³-hybridized carbons (Fsp3) is 0.286. The predicted molar refractivity (Wildman–Crippen MR) is 79.9 cm³/mol. The van der Waals surface area contributed by atoms with Crippen molar-refractivity contribution in [3.8, 4) is 0 Å². The van der Waals surface area contributed by atoms with Gasteiger partial charge in [-0.1, -0.05) is 12.1 Å². The highest BCUT2D eigenvalue weighted by Gasteiger charge is 2.34. The number of para-hydroxylation sites is 1. The quantitative estimate of drug-likeness (QED) is 0.859. The first-order chi connectivity index (χ1) is 10.3. The van der Waals surface area contributed by atoms with Gasteiger partial charge in [-0.05, 0) is 12.1 Å². The summed E-state index contributed by atoms with van der Waals surface area (Å²) in [5, 5.41) is 0.501. The van der Waals surface area contributed by atoms with Crippen molar-refractivity contribution >= 4 is 32.9 Å². The van der Waals surface area contributed by atoms with Crippen molar-refractivity contribution in [2.24, 2.45) is 5.92 Å². The van der Waals surface area contributed by atoms with Gasteiger partial charge in [0, 0.05) is 30.3 Å². The molecule has 1 saturated heterocycles. The van der Waals surface area contributed by atoms with Crippen molar-refractivity contribution in [1.29, 1.82) is 0 Å². The molecule has 2 aromatic rings. The monoisotopic (exact) mass is 324 g/mol. The van der Waals surface area contributed by atoms with Gasteiger partial charge in [-0.2, -0.15) is 8.42 Å². The Hall–Kier alpha value is -2.22. The normalized spacial score (nSPS) is 19.0. The van der Waals surface area contributed by atoms with Crippen LogP contribution in [0, 0.1) is 5.92 Å². The molecule has 1 aliphatic rings. The van der Waals surface area contributed by atoms with Crippen LogP contribution in [0.25, 0.3) is 10.9 Å². The Bertz CT molecular complexity index is 906. The van der Waals surface area contributed by atoms with E-state index in [2.05, 4.69) is 4.98 Å². The smallest absolute Gasteiger partial charge is 0.302 e. The summed E-state index contributed by atoms with van der Waals surface area (Å²) in [5.41, 5.74) is 0.345. The summed E-state index contributed by atoms with van der Waals surface area (Å²) in [4.78, 5) is 28.3. The lowest BCUT2D eigenvalue weighted by Crippen LogP contribution is -2.27. The second-order valence-corrected chi connectivity index (χ2v) is 6.76. The summed E-state index contributed by atoms with van der Waals surface area (Å²) in [5.74, 6) is -1.34. The van der Waals surface area contributed by atoms with E-state index in [1.165, 1.54) is 11.0 Å². The van der Waals surface area contributed by atoms with Crippen LogP contribution >= 0.6 is 0 Å². The molecule has 0 bridgehead atoms. The second kappa shape index (κ2) is 5.20. The molecule has 1 aromatic heterocycles. The molecule has 1 fully saturated rings. The van der Waals surface area contributed by atoms with E-state index in [-0.39, 0.29) is 24.3 Å². The zero-order valence-electron chi connectivity index (χ0n) is 11.5. The van der Waals surface area contributed by atoms with Crippen molar-refractivity contribution < 1.29 is 17.1 Å². The maximum atomic E-state index is 12.8. The van der Waals surface area contributed by atoms with Crippen LogP contribution in [0.5, 0.6) is 0 Å². The molecular formula is C14H13FN2O4S. The number of amides is 1. The van der Waals surface area contributed by atoms with E-state index < -0.39 is 21.9 Å². The number of nitrogens with zero attached hydrogens (tertiary/aromatic N) is 1. The van der Waals surface area contributed by atoms with E-state index in [4.69, 9.17) is 0 Å². The third-order valence-electron chi connectivity index (χ3n) is 3.65. The van der Waals surface area contributed by atoms with Crippen molar-refractivity contribution in [2.45, 2.75) is 6.42 Å². The summed E-state index contributed by atoms with van der Waals surface area (Å²) in [6.07, 6.45) is -0.0575. The van der Waals surface area contributed by atoms with Gasteiger partial charge in [-0.15, -0.1) is 3.89 Å². The average Bonchev–Trinajstić information content (AvgIpc) is 2.77. The van der Waals surface area contributed by atoms with Crippen LogP contribution in [-0.4, -0.2) is 31.6 Å². The largest absolute Gasteiger partial charge is 0.341 e. The average molecular weight is 324 g/mol. The van der Waals surface area contributed by atoms with Crippen molar-refractivity contribution in [1.82, 2.24) is 4.98 Å². The number of hydrogen-bond acceptors (Lipinski definition) is 4. The molecule has 0 saturated carbocycles. The lowest BCUT2D eigenvalue weighted by molar-refractivity contribution is -0.117. The van der Waals surface area contributed by atoms with E-state index >= 15 is 0 Å². The van der Waals surface area contributed by atoms with Crippen LogP contribution in [0.1, 0.15) is 6.42 Å². The number of carbonyl (C=O) groups is 1. The first-order valence-corrected chi connectivity index (χ1v) is 8.23. The molecule has 0 spiro atoms. The number of hydrogen-bond donors (Lipinski definition) is 1. The van der Waals surface area contributed by atoms with Crippen LogP contribution in [0.4, 0.5) is 9.70 Å². The number of fused-ring (bicyclic) bond motifs is 1. The summed E-state index contributed by atoms with van der Waals surface area (Å²) in [7, 11) is -4.63. The van der Waals surface area contributed by atoms with Crippen LogP contribution in [0.2, 0.25) is 0 Å². The zero-order chi connectivity index (χ0) is 15.9. The molecule has 1 N–H and O–H groups in total. The molecule has 2 heterocycles. The third kappa shape index (κ3) is 2.87. The van der Waals surface area contributed by atoms with Crippen LogP contribution in [-0.2, 0) is 15.0 Å². The Morgan fingerprint density at radius 1 is 1.27 bits per heavy atom. The number of H-pyrrole nitrogens is 1. The number of benzene rings is 1. The van der Waals surface area contributed by atoms with E-state index in [1.54, 1.807) is 24.3 Å². The van der Waals surface area contributed by atoms with Gasteiger partial charge >= 0.3 is 10.2 Å². The Morgan fingerprint density at radius 2 is 2.00 bits per heavy atom. The van der Waals surface area contributed by atoms with Crippen LogP contribution < -0.4 is 10.3 Å². The minimum atomic E-state index is -4.63. The maximum Gasteiger partial charge on any atom is 0.302 e. The number of rotatable bonds is 3. The Kier molecular flexibility index (Phi) is 3.48. The standard InChI is InChI=1S/C14H13FN2O4S/c15-22(20,21)8-9-5-14(19)17(7-9)13-6-12(18)10-3-1-2-4-11(10)16-13/h1-4,6,9H,5,7-8H2,(H,16,18). The number of halogens is 1. The SMILES string of the molecule is O=C1CC(CS(=O)(=O)F)CN1c1cc(=O)c2ccccc2[nH]1. The summed E-state index contributed by atoms with van der Waals surface area (Å²) in [6.45, 7) is 0.0657. The molecule has 1 amide bonds. The summed E-state index contributed by atoms with van der Waals surface area (Å²) < 4.78 is 34.2. The molecule has 0 aliphatic carbocycles. The van der Waals surface area contributed by atoms with E-state index in [0.29, 0.717) is 16.7 Å². The highest BCUT2D eigenvalue weighted by molar-refractivity contribution is 7.86. The number of nitrogens with one attached hydrogen (secondary N) is 1. The predicted octanol–water partition coefficient (Wildman–Crippen LogP) is 1.18. The molecule has 1 unspecified atom stereocenters. The molecule has 3 rings (SSSR count). The Labute approximate surface area is 125 Å². The molecule has 1 atom stereocenters. The first-order valence-electron chi connectivity index (χ1n) is 6.68. The fourth-order valence-corrected chi connectivity index (χ4v) is 3.52. The fourth-order valence-electron chi connectivity index (χ4n) is 2.74. The molecule has 6 nitrogen and oxygen atoms in total. The number of carbonyl (C=O) groups excluding carboxylic acids is 1. The lowest BCUT2D eigenvalue weighted by atomic mass is 10.1. The van der Waals surface area contributed by atoms with Gasteiger partial charge in [-0.3, -0.25) is 14.5 Å². The number of aromatic amines is 1. The summed E-state index contributed by atoms with van der Waals surface area (Å²) >= 11 is 0. The van der Waals surface area contributed by atoms with Gasteiger partial charge in [0.15, 0.2) is 5.43 Å². The molecule has 1 aliphatic heterocycles. The maximum absolute atomic E-state index is 12.8.